The average Bonchev–Trinajstić information content (AvgIpc) is 2.67. The SMILES string of the molecule is CCOc1c(Br)cc(C=C2C(=O)N(C)C(=S)N2C)cc1OC. The lowest BCUT2D eigenvalue weighted by Gasteiger charge is -2.13. The largest absolute Gasteiger partial charge is 0.493 e. The molecule has 1 aliphatic heterocycles. The molecule has 0 aromatic heterocycles. The maximum absolute atomic E-state index is 12.2. The van der Waals surface area contributed by atoms with Gasteiger partial charge in [-0.2, -0.15) is 0 Å². The number of halogens is 1. The number of rotatable bonds is 4. The van der Waals surface area contributed by atoms with Gasteiger partial charge in [0.15, 0.2) is 16.6 Å². The van der Waals surface area contributed by atoms with Crippen molar-refractivity contribution in [2.75, 3.05) is 27.8 Å². The molecule has 1 aromatic carbocycles. The summed E-state index contributed by atoms with van der Waals surface area (Å²) >= 11 is 8.67. The van der Waals surface area contributed by atoms with E-state index in [1.54, 1.807) is 32.2 Å². The van der Waals surface area contributed by atoms with Crippen LogP contribution in [-0.4, -0.2) is 48.6 Å². The van der Waals surface area contributed by atoms with Gasteiger partial charge < -0.3 is 14.4 Å². The molecule has 1 saturated heterocycles. The third-order valence-electron chi connectivity index (χ3n) is 3.30. The summed E-state index contributed by atoms with van der Waals surface area (Å²) < 4.78 is 11.7. The fraction of sp³-hybridized carbons (Fsp3) is 0.333. The highest BCUT2D eigenvalue weighted by Gasteiger charge is 2.32. The summed E-state index contributed by atoms with van der Waals surface area (Å²) in [6, 6.07) is 3.70. The monoisotopic (exact) mass is 384 g/mol. The first-order chi connectivity index (χ1) is 10.4. The lowest BCUT2D eigenvalue weighted by Crippen LogP contribution is -2.26. The van der Waals surface area contributed by atoms with Gasteiger partial charge in [-0.25, -0.2) is 0 Å². The van der Waals surface area contributed by atoms with Gasteiger partial charge in [-0.05, 0) is 58.8 Å². The first-order valence-electron chi connectivity index (χ1n) is 6.68. The van der Waals surface area contributed by atoms with Crippen molar-refractivity contribution < 1.29 is 14.3 Å². The van der Waals surface area contributed by atoms with Gasteiger partial charge in [-0.3, -0.25) is 9.69 Å². The van der Waals surface area contributed by atoms with Crippen LogP contribution in [0.25, 0.3) is 6.08 Å². The van der Waals surface area contributed by atoms with Crippen LogP contribution in [0.15, 0.2) is 22.3 Å². The molecule has 1 amide bonds. The van der Waals surface area contributed by atoms with Gasteiger partial charge in [0.25, 0.3) is 5.91 Å². The highest BCUT2D eigenvalue weighted by Crippen LogP contribution is 2.37. The normalized spacial score (nSPS) is 16.7. The topological polar surface area (TPSA) is 42.0 Å². The molecule has 1 aliphatic rings. The van der Waals surface area contributed by atoms with Gasteiger partial charge in [-0.1, -0.05) is 0 Å². The van der Waals surface area contributed by atoms with Crippen molar-refractivity contribution in [2.24, 2.45) is 0 Å². The van der Waals surface area contributed by atoms with Gasteiger partial charge >= 0.3 is 0 Å². The Morgan fingerprint density at radius 2 is 2.00 bits per heavy atom. The van der Waals surface area contributed by atoms with E-state index in [9.17, 15) is 4.79 Å². The highest BCUT2D eigenvalue weighted by atomic mass is 79.9. The minimum absolute atomic E-state index is 0.128. The first kappa shape index (κ1) is 16.8. The van der Waals surface area contributed by atoms with Crippen molar-refractivity contribution in [1.82, 2.24) is 9.80 Å². The summed E-state index contributed by atoms with van der Waals surface area (Å²) in [5.41, 5.74) is 1.34. The number of methoxy groups -OCH3 is 1. The second-order valence-electron chi connectivity index (χ2n) is 4.70. The molecule has 22 heavy (non-hydrogen) atoms. The van der Waals surface area contributed by atoms with Crippen LogP contribution in [0.2, 0.25) is 0 Å². The minimum Gasteiger partial charge on any atom is -0.493 e. The quantitative estimate of drug-likeness (QED) is 0.589. The molecular weight excluding hydrogens is 368 g/mol. The molecule has 5 nitrogen and oxygen atoms in total. The van der Waals surface area contributed by atoms with Crippen LogP contribution in [0.1, 0.15) is 12.5 Å². The highest BCUT2D eigenvalue weighted by molar-refractivity contribution is 9.10. The summed E-state index contributed by atoms with van der Waals surface area (Å²) in [6.45, 7) is 2.44. The predicted molar refractivity (Wildman–Crippen MR) is 93.0 cm³/mol. The van der Waals surface area contributed by atoms with Crippen LogP contribution in [0, 0.1) is 0 Å². The molecule has 0 spiro atoms. The van der Waals surface area contributed by atoms with E-state index >= 15 is 0 Å². The number of hydrogen-bond donors (Lipinski definition) is 0. The van der Waals surface area contributed by atoms with Gasteiger partial charge in [0.05, 0.1) is 18.2 Å². The molecule has 0 atom stereocenters. The maximum atomic E-state index is 12.2. The van der Waals surface area contributed by atoms with E-state index in [1.807, 2.05) is 19.1 Å². The Bertz CT molecular complexity index is 660. The third-order valence-corrected chi connectivity index (χ3v) is 4.44. The Balaban J connectivity index is 2.46. The summed E-state index contributed by atoms with van der Waals surface area (Å²) in [7, 11) is 5.02. The molecule has 0 saturated carbocycles. The van der Waals surface area contributed by atoms with Crippen LogP contribution >= 0.6 is 28.1 Å². The lowest BCUT2D eigenvalue weighted by atomic mass is 10.1. The molecule has 1 heterocycles. The Morgan fingerprint density at radius 3 is 2.50 bits per heavy atom. The number of amides is 1. The zero-order valence-corrected chi connectivity index (χ0v) is 15.2. The smallest absolute Gasteiger partial charge is 0.276 e. The van der Waals surface area contributed by atoms with E-state index in [0.29, 0.717) is 28.9 Å². The number of carbonyl (C=O) groups excluding carboxylic acids is 1. The number of thiocarbonyl (C=S) groups is 1. The van der Waals surface area contributed by atoms with Gasteiger partial charge in [0.1, 0.15) is 5.70 Å². The summed E-state index contributed by atoms with van der Waals surface area (Å²) in [6.07, 6.45) is 1.78. The van der Waals surface area contributed by atoms with Crippen LogP contribution in [0.3, 0.4) is 0 Å². The summed E-state index contributed by atoms with van der Waals surface area (Å²) in [5, 5.41) is 0.480. The minimum atomic E-state index is -0.128. The predicted octanol–water partition coefficient (Wildman–Crippen LogP) is 2.89. The molecule has 2 rings (SSSR count). The molecule has 0 unspecified atom stereocenters. The molecule has 0 aliphatic carbocycles. The van der Waals surface area contributed by atoms with Crippen LogP contribution in [-0.2, 0) is 4.79 Å². The Kier molecular flexibility index (Phi) is 5.08. The van der Waals surface area contributed by atoms with Crippen LogP contribution in [0.5, 0.6) is 11.5 Å². The van der Waals surface area contributed by atoms with E-state index in [0.717, 1.165) is 10.0 Å². The van der Waals surface area contributed by atoms with E-state index in [1.165, 1.54) is 4.90 Å². The Morgan fingerprint density at radius 1 is 1.32 bits per heavy atom. The standard InChI is InChI=1S/C15H17BrN2O3S/c1-5-21-13-10(16)6-9(8-12(13)20-4)7-11-14(19)18(3)15(22)17(11)2/h6-8H,5H2,1-4H3. The Labute approximate surface area is 143 Å². The molecular formula is C15H17BrN2O3S. The number of benzene rings is 1. The second-order valence-corrected chi connectivity index (χ2v) is 5.92. The van der Waals surface area contributed by atoms with E-state index < -0.39 is 0 Å². The van der Waals surface area contributed by atoms with E-state index in [2.05, 4.69) is 15.9 Å². The number of ether oxygens (including phenoxy) is 2. The van der Waals surface area contributed by atoms with Crippen molar-refractivity contribution in [1.29, 1.82) is 0 Å². The van der Waals surface area contributed by atoms with Gasteiger partial charge in [0, 0.05) is 14.1 Å². The first-order valence-corrected chi connectivity index (χ1v) is 7.88. The summed E-state index contributed by atoms with van der Waals surface area (Å²) in [5.74, 6) is 1.12. The van der Waals surface area contributed by atoms with E-state index in [-0.39, 0.29) is 5.91 Å². The number of nitrogens with zero attached hydrogens (tertiary/aromatic N) is 2. The molecule has 1 aromatic rings. The molecule has 0 bridgehead atoms. The number of carbonyl (C=O) groups is 1. The van der Waals surface area contributed by atoms with Crippen molar-refractivity contribution in [3.63, 3.8) is 0 Å². The number of hydrogen-bond acceptors (Lipinski definition) is 4. The zero-order valence-electron chi connectivity index (χ0n) is 12.8. The summed E-state index contributed by atoms with van der Waals surface area (Å²) in [4.78, 5) is 15.3. The maximum Gasteiger partial charge on any atom is 0.276 e. The third kappa shape index (κ3) is 2.96. The molecule has 0 N–H and O–H groups in total. The van der Waals surface area contributed by atoms with Crippen molar-refractivity contribution in [2.45, 2.75) is 6.92 Å². The second kappa shape index (κ2) is 6.66. The van der Waals surface area contributed by atoms with E-state index in [4.69, 9.17) is 21.7 Å². The fourth-order valence-corrected chi connectivity index (χ4v) is 2.91. The fourth-order valence-electron chi connectivity index (χ4n) is 2.15. The molecule has 118 valence electrons. The molecule has 1 fully saturated rings. The Hall–Kier alpha value is -1.60. The lowest BCUT2D eigenvalue weighted by molar-refractivity contribution is -0.121. The van der Waals surface area contributed by atoms with Crippen molar-refractivity contribution >= 4 is 45.2 Å². The van der Waals surface area contributed by atoms with Crippen molar-refractivity contribution in [3.8, 4) is 11.5 Å². The van der Waals surface area contributed by atoms with Gasteiger partial charge in [0.2, 0.25) is 0 Å². The van der Waals surface area contributed by atoms with Gasteiger partial charge in [-0.15, -0.1) is 0 Å². The molecule has 7 heteroatoms. The van der Waals surface area contributed by atoms with Crippen LogP contribution < -0.4 is 9.47 Å². The molecule has 0 radical (unpaired) electrons. The van der Waals surface area contributed by atoms with Crippen molar-refractivity contribution in [3.05, 3.63) is 27.9 Å². The average molecular weight is 385 g/mol. The number of likely N-dealkylation sites (N-methyl/N-ethyl adjacent to an activating group) is 2. The zero-order chi connectivity index (χ0) is 16.4. The van der Waals surface area contributed by atoms with Crippen LogP contribution in [0.4, 0.5) is 0 Å².